The third kappa shape index (κ3) is 7.94. The Morgan fingerprint density at radius 1 is 0.857 bits per heavy atom. The first-order valence-corrected chi connectivity index (χ1v) is 12.5. The standard InChI is InChI=1S/C26H28N2O6S/c1-19(2)25(28-35(31,32)23-11-7-4-8-12-23)26(30)34-18-24(29)27-21-13-15-22(16-14-21)33-17-20-9-5-3-6-10-20/h3-16,19,25,28H,17-18H2,1-2H3,(H,27,29)/t25-/m0/s1. The van der Waals surface area contributed by atoms with Gasteiger partial charge in [0.1, 0.15) is 18.4 Å². The minimum absolute atomic E-state index is 0.0346. The van der Waals surface area contributed by atoms with Crippen LogP contribution >= 0.6 is 0 Å². The molecule has 1 amide bonds. The van der Waals surface area contributed by atoms with Crippen molar-refractivity contribution in [2.45, 2.75) is 31.4 Å². The summed E-state index contributed by atoms with van der Waals surface area (Å²) in [6, 6.07) is 23.1. The van der Waals surface area contributed by atoms with E-state index in [9.17, 15) is 18.0 Å². The number of amides is 1. The highest BCUT2D eigenvalue weighted by Crippen LogP contribution is 2.17. The number of esters is 1. The van der Waals surface area contributed by atoms with Crippen molar-refractivity contribution in [3.8, 4) is 5.75 Å². The molecule has 3 aromatic carbocycles. The molecule has 0 heterocycles. The number of sulfonamides is 1. The molecule has 184 valence electrons. The van der Waals surface area contributed by atoms with Crippen LogP contribution in [0.15, 0.2) is 89.8 Å². The highest BCUT2D eigenvalue weighted by Gasteiger charge is 2.30. The summed E-state index contributed by atoms with van der Waals surface area (Å²) in [6.45, 7) is 3.23. The molecule has 0 aliphatic rings. The summed E-state index contributed by atoms with van der Waals surface area (Å²) in [5.41, 5.74) is 1.54. The second-order valence-corrected chi connectivity index (χ2v) is 9.82. The number of nitrogens with one attached hydrogen (secondary N) is 2. The Morgan fingerprint density at radius 3 is 2.06 bits per heavy atom. The van der Waals surface area contributed by atoms with Gasteiger partial charge in [-0.2, -0.15) is 4.72 Å². The molecular formula is C26H28N2O6S. The van der Waals surface area contributed by atoms with Crippen molar-refractivity contribution >= 4 is 27.6 Å². The van der Waals surface area contributed by atoms with Crippen LogP contribution in [0.25, 0.3) is 0 Å². The monoisotopic (exact) mass is 496 g/mol. The summed E-state index contributed by atoms with van der Waals surface area (Å²) >= 11 is 0. The first-order valence-electron chi connectivity index (χ1n) is 11.1. The van der Waals surface area contributed by atoms with Crippen LogP contribution in [0.3, 0.4) is 0 Å². The van der Waals surface area contributed by atoms with E-state index >= 15 is 0 Å². The first-order chi connectivity index (χ1) is 16.7. The Bertz CT molecular complexity index is 1210. The highest BCUT2D eigenvalue weighted by molar-refractivity contribution is 7.89. The van der Waals surface area contributed by atoms with Crippen LogP contribution in [-0.2, 0) is 31.0 Å². The number of hydrogen-bond acceptors (Lipinski definition) is 6. The maximum atomic E-state index is 12.6. The van der Waals surface area contributed by atoms with Crippen LogP contribution in [0.1, 0.15) is 19.4 Å². The van der Waals surface area contributed by atoms with Gasteiger partial charge in [0.15, 0.2) is 6.61 Å². The number of carbonyl (C=O) groups excluding carboxylic acids is 2. The molecule has 0 fully saturated rings. The Labute approximate surface area is 205 Å². The number of benzene rings is 3. The molecule has 8 nitrogen and oxygen atoms in total. The van der Waals surface area contributed by atoms with E-state index in [0.29, 0.717) is 18.0 Å². The van der Waals surface area contributed by atoms with E-state index in [1.165, 1.54) is 12.1 Å². The predicted molar refractivity (Wildman–Crippen MR) is 132 cm³/mol. The van der Waals surface area contributed by atoms with Crippen LogP contribution in [0.4, 0.5) is 5.69 Å². The van der Waals surface area contributed by atoms with Gasteiger partial charge in [-0.15, -0.1) is 0 Å². The lowest BCUT2D eigenvalue weighted by Gasteiger charge is -2.20. The summed E-state index contributed by atoms with van der Waals surface area (Å²) in [5, 5.41) is 2.63. The van der Waals surface area contributed by atoms with Crippen LogP contribution in [0.2, 0.25) is 0 Å². The quantitative estimate of drug-likeness (QED) is 0.391. The SMILES string of the molecule is CC(C)[C@H](NS(=O)(=O)c1ccccc1)C(=O)OCC(=O)Nc1ccc(OCc2ccccc2)cc1. The number of hydrogen-bond donors (Lipinski definition) is 2. The third-order valence-electron chi connectivity index (χ3n) is 4.99. The van der Waals surface area contributed by atoms with Crippen molar-refractivity contribution in [3.63, 3.8) is 0 Å². The van der Waals surface area contributed by atoms with Crippen molar-refractivity contribution in [1.82, 2.24) is 4.72 Å². The Hall–Kier alpha value is -3.69. The Kier molecular flexibility index (Phi) is 8.99. The van der Waals surface area contributed by atoms with Crippen molar-refractivity contribution in [1.29, 1.82) is 0 Å². The average molecular weight is 497 g/mol. The van der Waals surface area contributed by atoms with Gasteiger partial charge in [0.2, 0.25) is 10.0 Å². The fourth-order valence-electron chi connectivity index (χ4n) is 3.09. The second-order valence-electron chi connectivity index (χ2n) is 8.11. The molecule has 0 unspecified atom stereocenters. The smallest absolute Gasteiger partial charge is 0.324 e. The van der Waals surface area contributed by atoms with Gasteiger partial charge in [-0.25, -0.2) is 8.42 Å². The van der Waals surface area contributed by atoms with Crippen molar-refractivity contribution in [2.75, 3.05) is 11.9 Å². The molecule has 0 spiro atoms. The van der Waals surface area contributed by atoms with Crippen molar-refractivity contribution in [3.05, 3.63) is 90.5 Å². The summed E-state index contributed by atoms with van der Waals surface area (Å²) in [5.74, 6) is -1.14. The highest BCUT2D eigenvalue weighted by atomic mass is 32.2. The molecule has 0 saturated carbocycles. The zero-order chi connectivity index (χ0) is 25.3. The van der Waals surface area contributed by atoms with E-state index in [0.717, 1.165) is 5.56 Å². The molecule has 3 aromatic rings. The normalized spacial score (nSPS) is 12.1. The van der Waals surface area contributed by atoms with E-state index in [1.54, 1.807) is 56.3 Å². The largest absolute Gasteiger partial charge is 0.489 e. The van der Waals surface area contributed by atoms with E-state index in [4.69, 9.17) is 9.47 Å². The molecule has 0 aromatic heterocycles. The molecule has 35 heavy (non-hydrogen) atoms. The predicted octanol–water partition coefficient (Wildman–Crippen LogP) is 3.75. The lowest BCUT2D eigenvalue weighted by molar-refractivity contribution is -0.150. The zero-order valence-electron chi connectivity index (χ0n) is 19.5. The molecule has 0 bridgehead atoms. The number of ether oxygens (including phenoxy) is 2. The van der Waals surface area contributed by atoms with Gasteiger partial charge in [-0.3, -0.25) is 9.59 Å². The van der Waals surface area contributed by atoms with Gasteiger partial charge in [0.05, 0.1) is 4.90 Å². The minimum Gasteiger partial charge on any atom is -0.489 e. The second kappa shape index (κ2) is 12.1. The van der Waals surface area contributed by atoms with E-state index in [-0.39, 0.29) is 4.90 Å². The lowest BCUT2D eigenvalue weighted by Crippen LogP contribution is -2.45. The van der Waals surface area contributed by atoms with Gasteiger partial charge in [-0.1, -0.05) is 62.4 Å². The number of anilines is 1. The fraction of sp³-hybridized carbons (Fsp3) is 0.231. The van der Waals surface area contributed by atoms with Crippen molar-refractivity contribution < 1.29 is 27.5 Å². The number of rotatable bonds is 11. The Balaban J connectivity index is 1.50. The third-order valence-corrected chi connectivity index (χ3v) is 6.45. The first kappa shape index (κ1) is 25.9. The molecule has 0 aliphatic heterocycles. The van der Waals surface area contributed by atoms with Crippen LogP contribution in [-0.4, -0.2) is 32.9 Å². The number of carbonyl (C=O) groups is 2. The molecule has 2 N–H and O–H groups in total. The summed E-state index contributed by atoms with van der Waals surface area (Å²) in [6.07, 6.45) is 0. The van der Waals surface area contributed by atoms with Crippen molar-refractivity contribution in [2.24, 2.45) is 5.92 Å². The molecule has 1 atom stereocenters. The average Bonchev–Trinajstić information content (AvgIpc) is 2.86. The molecule has 0 saturated heterocycles. The molecule has 0 aliphatic carbocycles. The zero-order valence-corrected chi connectivity index (χ0v) is 20.3. The molecular weight excluding hydrogens is 468 g/mol. The lowest BCUT2D eigenvalue weighted by atomic mass is 10.1. The topological polar surface area (TPSA) is 111 Å². The molecule has 9 heteroatoms. The van der Waals surface area contributed by atoms with Gasteiger partial charge < -0.3 is 14.8 Å². The van der Waals surface area contributed by atoms with Crippen LogP contribution < -0.4 is 14.8 Å². The van der Waals surface area contributed by atoms with E-state index in [2.05, 4.69) is 10.0 Å². The fourth-order valence-corrected chi connectivity index (χ4v) is 4.44. The van der Waals surface area contributed by atoms with E-state index in [1.807, 2.05) is 30.3 Å². The van der Waals surface area contributed by atoms with Gasteiger partial charge in [-0.05, 0) is 47.9 Å². The summed E-state index contributed by atoms with van der Waals surface area (Å²) in [7, 11) is -3.93. The van der Waals surface area contributed by atoms with Crippen LogP contribution in [0.5, 0.6) is 5.75 Å². The maximum absolute atomic E-state index is 12.6. The van der Waals surface area contributed by atoms with Gasteiger partial charge in [0, 0.05) is 5.69 Å². The summed E-state index contributed by atoms with van der Waals surface area (Å²) < 4.78 is 38.3. The van der Waals surface area contributed by atoms with E-state index < -0.39 is 40.5 Å². The van der Waals surface area contributed by atoms with Gasteiger partial charge in [0.25, 0.3) is 5.91 Å². The minimum atomic E-state index is -3.93. The molecule has 3 rings (SSSR count). The maximum Gasteiger partial charge on any atom is 0.324 e. The Morgan fingerprint density at radius 2 is 1.46 bits per heavy atom. The van der Waals surface area contributed by atoms with Crippen LogP contribution in [0, 0.1) is 5.92 Å². The van der Waals surface area contributed by atoms with Gasteiger partial charge >= 0.3 is 5.97 Å². The molecule has 0 radical (unpaired) electrons. The summed E-state index contributed by atoms with van der Waals surface area (Å²) in [4.78, 5) is 24.8.